The molecule has 0 radical (unpaired) electrons. The SMILES string of the molecule is C=CCOC(=O)[C@]1(c2ccccc2)CO1. The molecule has 1 aliphatic rings. The Morgan fingerprint density at radius 1 is 1.53 bits per heavy atom. The van der Waals surface area contributed by atoms with Gasteiger partial charge in [0.15, 0.2) is 0 Å². The van der Waals surface area contributed by atoms with Crippen molar-refractivity contribution in [1.82, 2.24) is 0 Å². The summed E-state index contributed by atoms with van der Waals surface area (Å²) in [7, 11) is 0. The van der Waals surface area contributed by atoms with E-state index in [1.165, 1.54) is 0 Å². The quantitative estimate of drug-likeness (QED) is 0.425. The normalized spacial score (nSPS) is 23.2. The van der Waals surface area contributed by atoms with E-state index in [2.05, 4.69) is 6.58 Å². The fourth-order valence-electron chi connectivity index (χ4n) is 1.43. The first-order valence-electron chi connectivity index (χ1n) is 4.77. The summed E-state index contributed by atoms with van der Waals surface area (Å²) < 4.78 is 10.2. The maximum atomic E-state index is 11.7. The lowest BCUT2D eigenvalue weighted by Gasteiger charge is -2.10. The molecule has 1 aliphatic heterocycles. The zero-order valence-electron chi connectivity index (χ0n) is 8.31. The molecule has 0 aliphatic carbocycles. The smallest absolute Gasteiger partial charge is 0.345 e. The Hall–Kier alpha value is -1.61. The maximum absolute atomic E-state index is 11.7. The molecule has 1 aromatic rings. The molecule has 0 spiro atoms. The summed E-state index contributed by atoms with van der Waals surface area (Å²) in [5.74, 6) is -0.339. The number of epoxide rings is 1. The van der Waals surface area contributed by atoms with Crippen LogP contribution in [-0.2, 0) is 19.9 Å². The number of rotatable bonds is 4. The van der Waals surface area contributed by atoms with Crippen LogP contribution in [0.15, 0.2) is 43.0 Å². The third kappa shape index (κ3) is 1.78. The third-order valence-electron chi connectivity index (χ3n) is 2.34. The fourth-order valence-corrected chi connectivity index (χ4v) is 1.43. The molecular weight excluding hydrogens is 192 g/mol. The minimum absolute atomic E-state index is 0.219. The van der Waals surface area contributed by atoms with Crippen molar-refractivity contribution in [2.24, 2.45) is 0 Å². The molecule has 2 rings (SSSR count). The van der Waals surface area contributed by atoms with E-state index in [1.807, 2.05) is 30.3 Å². The van der Waals surface area contributed by atoms with Crippen LogP contribution in [0.4, 0.5) is 0 Å². The van der Waals surface area contributed by atoms with Crippen LogP contribution >= 0.6 is 0 Å². The summed E-state index contributed by atoms with van der Waals surface area (Å²) in [5.41, 5.74) is -0.0105. The second-order valence-electron chi connectivity index (χ2n) is 3.37. The first-order chi connectivity index (χ1) is 7.29. The zero-order chi connectivity index (χ0) is 10.7. The summed E-state index contributed by atoms with van der Waals surface area (Å²) in [5, 5.41) is 0. The average Bonchev–Trinajstić information content (AvgIpc) is 3.08. The molecule has 78 valence electrons. The van der Waals surface area contributed by atoms with Crippen molar-refractivity contribution in [2.45, 2.75) is 5.60 Å². The molecule has 3 heteroatoms. The second kappa shape index (κ2) is 3.87. The van der Waals surface area contributed by atoms with Gasteiger partial charge in [0.2, 0.25) is 5.60 Å². The van der Waals surface area contributed by atoms with Gasteiger partial charge in [0, 0.05) is 0 Å². The van der Waals surface area contributed by atoms with Crippen molar-refractivity contribution in [2.75, 3.05) is 13.2 Å². The highest BCUT2D eigenvalue weighted by Gasteiger charge is 2.55. The van der Waals surface area contributed by atoms with Gasteiger partial charge in [-0.3, -0.25) is 0 Å². The molecule has 1 fully saturated rings. The molecule has 1 saturated heterocycles. The van der Waals surface area contributed by atoms with E-state index in [-0.39, 0.29) is 12.6 Å². The molecule has 0 N–H and O–H groups in total. The van der Waals surface area contributed by atoms with Crippen LogP contribution < -0.4 is 0 Å². The van der Waals surface area contributed by atoms with Gasteiger partial charge in [0.05, 0.1) is 6.61 Å². The molecule has 0 aromatic heterocycles. The van der Waals surface area contributed by atoms with E-state index in [4.69, 9.17) is 9.47 Å². The third-order valence-corrected chi connectivity index (χ3v) is 2.34. The predicted molar refractivity (Wildman–Crippen MR) is 55.2 cm³/mol. The maximum Gasteiger partial charge on any atom is 0.345 e. The molecule has 3 nitrogen and oxygen atoms in total. The first kappa shape index (κ1) is 9.93. The molecular formula is C12H12O3. The van der Waals surface area contributed by atoms with E-state index in [0.29, 0.717) is 6.61 Å². The van der Waals surface area contributed by atoms with Crippen molar-refractivity contribution in [3.05, 3.63) is 48.6 Å². The molecule has 15 heavy (non-hydrogen) atoms. The lowest BCUT2D eigenvalue weighted by atomic mass is 10.0. The zero-order valence-corrected chi connectivity index (χ0v) is 8.31. The summed E-state index contributed by atoms with van der Waals surface area (Å²) in [6.45, 7) is 4.10. The highest BCUT2D eigenvalue weighted by atomic mass is 16.6. The molecule has 0 unspecified atom stereocenters. The van der Waals surface area contributed by atoms with Gasteiger partial charge < -0.3 is 9.47 Å². The molecule has 1 atom stereocenters. The van der Waals surface area contributed by atoms with E-state index in [1.54, 1.807) is 6.08 Å². The van der Waals surface area contributed by atoms with Crippen LogP contribution in [0.2, 0.25) is 0 Å². The van der Waals surface area contributed by atoms with Gasteiger partial charge in [-0.25, -0.2) is 4.79 Å². The molecule has 1 heterocycles. The molecule has 1 aromatic carbocycles. The Kier molecular flexibility index (Phi) is 2.56. The number of carbonyl (C=O) groups excluding carboxylic acids is 1. The number of esters is 1. The van der Waals surface area contributed by atoms with E-state index >= 15 is 0 Å². The van der Waals surface area contributed by atoms with E-state index < -0.39 is 5.60 Å². The number of hydrogen-bond acceptors (Lipinski definition) is 3. The number of ether oxygens (including phenoxy) is 2. The summed E-state index contributed by atoms with van der Waals surface area (Å²) >= 11 is 0. The van der Waals surface area contributed by atoms with Crippen LogP contribution in [0.5, 0.6) is 0 Å². The topological polar surface area (TPSA) is 38.8 Å². The lowest BCUT2D eigenvalue weighted by molar-refractivity contribution is -0.149. The standard InChI is InChI=1S/C12H12O3/c1-2-8-14-11(13)12(9-15-12)10-6-4-3-5-7-10/h2-7H,1,8-9H2/t12-/m1/s1. The number of carbonyl (C=O) groups is 1. The average molecular weight is 204 g/mol. The van der Waals surface area contributed by atoms with E-state index in [0.717, 1.165) is 5.56 Å². The number of hydrogen-bond donors (Lipinski definition) is 0. The summed E-state index contributed by atoms with van der Waals surface area (Å²) in [6, 6.07) is 9.37. The first-order valence-corrected chi connectivity index (χ1v) is 4.77. The van der Waals surface area contributed by atoms with Gasteiger partial charge >= 0.3 is 5.97 Å². The Morgan fingerprint density at radius 2 is 2.20 bits per heavy atom. The van der Waals surface area contributed by atoms with Gasteiger partial charge in [-0.15, -0.1) is 0 Å². The number of benzene rings is 1. The predicted octanol–water partition coefficient (Wildman–Crippen LogP) is 1.64. The Labute approximate surface area is 88.3 Å². The van der Waals surface area contributed by atoms with Crippen molar-refractivity contribution in [1.29, 1.82) is 0 Å². The minimum Gasteiger partial charge on any atom is -0.459 e. The summed E-state index contributed by atoms with van der Waals surface area (Å²) in [4.78, 5) is 11.7. The molecule has 0 bridgehead atoms. The van der Waals surface area contributed by atoms with Crippen LogP contribution in [-0.4, -0.2) is 19.2 Å². The van der Waals surface area contributed by atoms with Gasteiger partial charge in [-0.1, -0.05) is 43.0 Å². The summed E-state index contributed by atoms with van der Waals surface area (Å²) in [6.07, 6.45) is 1.54. The van der Waals surface area contributed by atoms with Crippen molar-refractivity contribution < 1.29 is 14.3 Å². The van der Waals surface area contributed by atoms with Gasteiger partial charge in [0.1, 0.15) is 6.61 Å². The molecule has 0 amide bonds. The second-order valence-corrected chi connectivity index (χ2v) is 3.37. The van der Waals surface area contributed by atoms with Gasteiger partial charge in [-0.2, -0.15) is 0 Å². The highest BCUT2D eigenvalue weighted by Crippen LogP contribution is 2.39. The minimum atomic E-state index is -0.857. The Morgan fingerprint density at radius 3 is 2.73 bits per heavy atom. The fraction of sp³-hybridized carbons (Fsp3) is 0.250. The van der Waals surface area contributed by atoms with Crippen LogP contribution in [0.1, 0.15) is 5.56 Å². The van der Waals surface area contributed by atoms with Crippen LogP contribution in [0.25, 0.3) is 0 Å². The van der Waals surface area contributed by atoms with Gasteiger partial charge in [0.25, 0.3) is 0 Å². The molecule has 0 saturated carbocycles. The van der Waals surface area contributed by atoms with Gasteiger partial charge in [-0.05, 0) is 5.56 Å². The monoisotopic (exact) mass is 204 g/mol. The Bertz CT molecular complexity index is 366. The Balaban J connectivity index is 2.14. The lowest BCUT2D eigenvalue weighted by Crippen LogP contribution is -2.24. The van der Waals surface area contributed by atoms with Crippen molar-refractivity contribution in [3.8, 4) is 0 Å². The van der Waals surface area contributed by atoms with Crippen LogP contribution in [0, 0.1) is 0 Å². The van der Waals surface area contributed by atoms with Crippen molar-refractivity contribution in [3.63, 3.8) is 0 Å². The van der Waals surface area contributed by atoms with E-state index in [9.17, 15) is 4.79 Å². The largest absolute Gasteiger partial charge is 0.459 e. The van der Waals surface area contributed by atoms with Crippen LogP contribution in [0.3, 0.4) is 0 Å². The highest BCUT2D eigenvalue weighted by molar-refractivity contribution is 5.84. The van der Waals surface area contributed by atoms with Crippen molar-refractivity contribution >= 4 is 5.97 Å².